The number of hydrogen-bond donors (Lipinski definition) is 1. The summed E-state index contributed by atoms with van der Waals surface area (Å²) >= 11 is 5.83. The summed E-state index contributed by atoms with van der Waals surface area (Å²) < 4.78 is 30.6. The van der Waals surface area contributed by atoms with Gasteiger partial charge < -0.3 is 19.5 Å². The molecule has 3 aromatic rings. The number of anilines is 1. The van der Waals surface area contributed by atoms with Crippen LogP contribution in [-0.2, 0) is 9.53 Å². The lowest BCUT2D eigenvalue weighted by Crippen LogP contribution is -2.51. The first-order chi connectivity index (χ1) is 15.8. The second kappa shape index (κ2) is 9.76. The van der Waals surface area contributed by atoms with Gasteiger partial charge in [0, 0.05) is 36.4 Å². The lowest BCUT2D eigenvalue weighted by molar-refractivity contribution is -0.169. The molecule has 8 nitrogen and oxygen atoms in total. The summed E-state index contributed by atoms with van der Waals surface area (Å²) in [4.78, 5) is 22.1. The second-order valence-corrected chi connectivity index (χ2v) is 8.67. The van der Waals surface area contributed by atoms with Crippen molar-refractivity contribution >= 4 is 34.2 Å². The molecule has 1 aliphatic heterocycles. The van der Waals surface area contributed by atoms with Crippen molar-refractivity contribution in [2.45, 2.75) is 19.4 Å². The highest BCUT2D eigenvalue weighted by molar-refractivity contribution is 6.31. The molecule has 0 atom stereocenters. The normalized spacial score (nSPS) is 15.8. The lowest BCUT2D eigenvalue weighted by Gasteiger charge is -2.37. The topological polar surface area (TPSA) is 85.8 Å². The van der Waals surface area contributed by atoms with Crippen molar-refractivity contribution < 1.29 is 23.4 Å². The number of carbonyl (C=O) groups excluding carboxylic acids is 1. The highest BCUT2D eigenvalue weighted by atomic mass is 35.5. The predicted molar refractivity (Wildman–Crippen MR) is 122 cm³/mol. The molecule has 1 aromatic heterocycles. The van der Waals surface area contributed by atoms with Crippen molar-refractivity contribution in [2.24, 2.45) is 0 Å². The van der Waals surface area contributed by atoms with E-state index in [1.807, 2.05) is 24.8 Å². The van der Waals surface area contributed by atoms with E-state index in [4.69, 9.17) is 25.8 Å². The van der Waals surface area contributed by atoms with Gasteiger partial charge in [0.05, 0.1) is 17.1 Å². The minimum absolute atomic E-state index is 0.0243. The number of rotatable bonds is 8. The van der Waals surface area contributed by atoms with Crippen molar-refractivity contribution in [1.82, 2.24) is 14.9 Å². The summed E-state index contributed by atoms with van der Waals surface area (Å²) in [6.45, 7) is 5.62. The number of carbonyl (C=O) groups is 1. The van der Waals surface area contributed by atoms with Crippen LogP contribution in [0.3, 0.4) is 0 Å². The zero-order valence-corrected chi connectivity index (χ0v) is 19.1. The summed E-state index contributed by atoms with van der Waals surface area (Å²) in [6, 6.07) is 7.92. The number of ether oxygens (including phenoxy) is 3. The van der Waals surface area contributed by atoms with Crippen LogP contribution in [0.4, 0.5) is 10.1 Å². The average Bonchev–Trinajstić information content (AvgIpc) is 2.75. The number of aromatic nitrogens is 2. The van der Waals surface area contributed by atoms with Crippen LogP contribution in [0, 0.1) is 5.82 Å². The molecule has 0 aliphatic carbocycles. The standard InChI is InChI=1S/C23H24ClFN4O4/c1-23(2)12-29(11-22(30)33-23)5-6-31-20-7-15-10-26-13-27-19(15)9-21(20)32-14-28-16-3-4-18(25)17(24)8-16/h3-4,7-10,13,28H,5-6,11-12,14H2,1-2H3. The van der Waals surface area contributed by atoms with Gasteiger partial charge in [-0.05, 0) is 38.1 Å². The van der Waals surface area contributed by atoms with Gasteiger partial charge in [0.25, 0.3) is 0 Å². The number of fused-ring (bicyclic) bond motifs is 1. The molecule has 0 unspecified atom stereocenters. The van der Waals surface area contributed by atoms with Gasteiger partial charge in [0.2, 0.25) is 0 Å². The highest BCUT2D eigenvalue weighted by Gasteiger charge is 2.32. The number of nitrogens with one attached hydrogen (secondary N) is 1. The quantitative estimate of drug-likeness (QED) is 0.389. The number of nitrogens with zero attached hydrogens (tertiary/aromatic N) is 3. The number of morpholine rings is 1. The molecule has 1 fully saturated rings. The van der Waals surface area contributed by atoms with Gasteiger partial charge in [-0.15, -0.1) is 0 Å². The van der Waals surface area contributed by atoms with E-state index in [0.29, 0.717) is 42.4 Å². The molecule has 174 valence electrons. The van der Waals surface area contributed by atoms with E-state index < -0.39 is 11.4 Å². The van der Waals surface area contributed by atoms with Crippen molar-refractivity contribution in [3.05, 3.63) is 53.7 Å². The van der Waals surface area contributed by atoms with Gasteiger partial charge in [0.1, 0.15) is 24.4 Å². The van der Waals surface area contributed by atoms with Gasteiger partial charge in [-0.1, -0.05) is 11.6 Å². The van der Waals surface area contributed by atoms with Crippen molar-refractivity contribution in [3.8, 4) is 11.5 Å². The van der Waals surface area contributed by atoms with Crippen LogP contribution < -0.4 is 14.8 Å². The minimum atomic E-state index is -0.529. The molecule has 4 rings (SSSR count). The third-order valence-electron chi connectivity index (χ3n) is 5.01. The first-order valence-electron chi connectivity index (χ1n) is 10.4. The summed E-state index contributed by atoms with van der Waals surface area (Å²) in [7, 11) is 0. The summed E-state index contributed by atoms with van der Waals surface area (Å²) in [5, 5.41) is 3.87. The maximum absolute atomic E-state index is 13.4. The molecule has 0 amide bonds. The van der Waals surface area contributed by atoms with E-state index in [1.54, 1.807) is 18.3 Å². The molecule has 33 heavy (non-hydrogen) atoms. The third-order valence-corrected chi connectivity index (χ3v) is 5.30. The number of hydrogen-bond acceptors (Lipinski definition) is 8. The Kier molecular flexibility index (Phi) is 6.80. The Balaban J connectivity index is 1.43. The fraction of sp³-hybridized carbons (Fsp3) is 0.348. The zero-order valence-electron chi connectivity index (χ0n) is 18.3. The molecule has 0 saturated carbocycles. The molecule has 2 aromatic carbocycles. The van der Waals surface area contributed by atoms with Crippen LogP contribution in [0.1, 0.15) is 13.8 Å². The van der Waals surface area contributed by atoms with E-state index in [0.717, 1.165) is 5.39 Å². The van der Waals surface area contributed by atoms with E-state index in [9.17, 15) is 9.18 Å². The fourth-order valence-corrected chi connectivity index (χ4v) is 3.79. The minimum Gasteiger partial charge on any atom is -0.488 e. The van der Waals surface area contributed by atoms with Gasteiger partial charge in [0.15, 0.2) is 18.2 Å². The van der Waals surface area contributed by atoms with Crippen LogP contribution >= 0.6 is 11.6 Å². The molecule has 1 aliphatic rings. The smallest absolute Gasteiger partial charge is 0.320 e. The highest BCUT2D eigenvalue weighted by Crippen LogP contribution is 2.32. The molecule has 0 spiro atoms. The van der Waals surface area contributed by atoms with Crippen LogP contribution in [0.5, 0.6) is 11.5 Å². The van der Waals surface area contributed by atoms with E-state index in [1.165, 1.54) is 18.5 Å². The molecular weight excluding hydrogens is 451 g/mol. The SMILES string of the molecule is CC1(C)CN(CCOc2cc3cncnc3cc2OCNc2ccc(F)c(Cl)c2)CC(=O)O1. The monoisotopic (exact) mass is 474 g/mol. The Morgan fingerprint density at radius 3 is 2.85 bits per heavy atom. The molecule has 10 heteroatoms. The first kappa shape index (κ1) is 23.0. The Morgan fingerprint density at radius 1 is 1.24 bits per heavy atom. The largest absolute Gasteiger partial charge is 0.488 e. The number of halogens is 2. The molecule has 1 saturated heterocycles. The van der Waals surface area contributed by atoms with Crippen molar-refractivity contribution in [3.63, 3.8) is 0 Å². The Bertz CT molecular complexity index is 1160. The number of benzene rings is 2. The molecular formula is C23H24ClFN4O4. The maximum Gasteiger partial charge on any atom is 0.320 e. The fourth-order valence-electron chi connectivity index (χ4n) is 3.61. The maximum atomic E-state index is 13.4. The predicted octanol–water partition coefficient (Wildman–Crippen LogP) is 3.89. The average molecular weight is 475 g/mol. The Hall–Kier alpha value is -3.17. The van der Waals surface area contributed by atoms with Crippen molar-refractivity contribution in [2.75, 3.05) is 38.3 Å². The number of esters is 1. The van der Waals surface area contributed by atoms with Gasteiger partial charge in [-0.3, -0.25) is 9.69 Å². The third kappa shape index (κ3) is 6.00. The van der Waals surface area contributed by atoms with Crippen LogP contribution in [0.15, 0.2) is 42.9 Å². The molecule has 0 radical (unpaired) electrons. The van der Waals surface area contributed by atoms with Crippen LogP contribution in [0.25, 0.3) is 10.9 Å². The van der Waals surface area contributed by atoms with E-state index >= 15 is 0 Å². The van der Waals surface area contributed by atoms with Gasteiger partial charge in [-0.25, -0.2) is 14.4 Å². The van der Waals surface area contributed by atoms with Crippen LogP contribution in [-0.4, -0.2) is 59.4 Å². The molecule has 1 N–H and O–H groups in total. The summed E-state index contributed by atoms with van der Waals surface area (Å²) in [5.74, 6) is 0.277. The summed E-state index contributed by atoms with van der Waals surface area (Å²) in [6.07, 6.45) is 3.16. The van der Waals surface area contributed by atoms with E-state index in [-0.39, 0.29) is 24.3 Å². The van der Waals surface area contributed by atoms with E-state index in [2.05, 4.69) is 15.3 Å². The van der Waals surface area contributed by atoms with Crippen LogP contribution in [0.2, 0.25) is 5.02 Å². The van der Waals surface area contributed by atoms with Gasteiger partial charge >= 0.3 is 5.97 Å². The Labute approximate surface area is 195 Å². The lowest BCUT2D eigenvalue weighted by atomic mass is 10.1. The first-order valence-corrected chi connectivity index (χ1v) is 10.8. The molecule has 0 bridgehead atoms. The Morgan fingerprint density at radius 2 is 2.06 bits per heavy atom. The summed E-state index contributed by atoms with van der Waals surface area (Å²) in [5.41, 5.74) is 0.794. The van der Waals surface area contributed by atoms with Crippen molar-refractivity contribution in [1.29, 1.82) is 0 Å². The molecule has 2 heterocycles. The van der Waals surface area contributed by atoms with Gasteiger partial charge in [-0.2, -0.15) is 0 Å². The zero-order chi connectivity index (χ0) is 23.4. The number of cyclic esters (lactones) is 1. The second-order valence-electron chi connectivity index (χ2n) is 8.27.